The Kier molecular flexibility index (Phi) is 4.65. The molecule has 1 rings (SSSR count). The van der Waals surface area contributed by atoms with Crippen molar-refractivity contribution < 1.29 is 10.0 Å². The van der Waals surface area contributed by atoms with Gasteiger partial charge in [-0.15, -0.1) is 0 Å². The molecule has 0 fully saturated rings. The SMILES string of the molecule is CC(C)(C(=O)NCCc1cccnc1)C(N)=NO. The fourth-order valence-corrected chi connectivity index (χ4v) is 1.33. The summed E-state index contributed by atoms with van der Waals surface area (Å²) in [5, 5.41) is 14.2. The van der Waals surface area contributed by atoms with Gasteiger partial charge in [-0.1, -0.05) is 11.2 Å². The molecule has 0 aliphatic rings. The second-order valence-corrected chi connectivity index (χ2v) is 4.48. The summed E-state index contributed by atoms with van der Waals surface area (Å²) in [6.45, 7) is 3.68. The van der Waals surface area contributed by atoms with Gasteiger partial charge in [0.1, 0.15) is 5.41 Å². The number of pyridine rings is 1. The predicted octanol–water partition coefficient (Wildman–Crippen LogP) is 0.513. The molecule has 1 aromatic heterocycles. The van der Waals surface area contributed by atoms with Crippen LogP contribution in [-0.4, -0.2) is 28.5 Å². The molecular weight excluding hydrogens is 232 g/mol. The topological polar surface area (TPSA) is 101 Å². The van der Waals surface area contributed by atoms with Gasteiger partial charge in [-0.3, -0.25) is 9.78 Å². The Morgan fingerprint density at radius 2 is 2.33 bits per heavy atom. The first-order chi connectivity index (χ1) is 8.48. The van der Waals surface area contributed by atoms with Gasteiger partial charge in [-0.05, 0) is 31.9 Å². The second kappa shape index (κ2) is 6.00. The quantitative estimate of drug-likeness (QED) is 0.307. The Bertz CT molecular complexity index is 429. The van der Waals surface area contributed by atoms with E-state index in [1.165, 1.54) is 0 Å². The summed E-state index contributed by atoms with van der Waals surface area (Å²) in [5.41, 5.74) is 5.48. The highest BCUT2D eigenvalue weighted by Gasteiger charge is 2.32. The minimum Gasteiger partial charge on any atom is -0.409 e. The molecule has 0 bridgehead atoms. The zero-order valence-electron chi connectivity index (χ0n) is 10.6. The Hall–Kier alpha value is -2.11. The molecule has 4 N–H and O–H groups in total. The standard InChI is InChI=1S/C12H18N4O2/c1-12(2,10(13)16-18)11(17)15-7-5-9-4-3-6-14-8-9/h3-4,6,8,18H,5,7H2,1-2H3,(H2,13,16)(H,15,17). The van der Waals surface area contributed by atoms with Crippen LogP contribution in [0.3, 0.4) is 0 Å². The van der Waals surface area contributed by atoms with E-state index in [1.54, 1.807) is 26.2 Å². The van der Waals surface area contributed by atoms with Crippen molar-refractivity contribution in [2.75, 3.05) is 6.54 Å². The molecule has 1 heterocycles. The molecule has 0 aliphatic heterocycles. The fraction of sp³-hybridized carbons (Fsp3) is 0.417. The van der Waals surface area contributed by atoms with E-state index in [4.69, 9.17) is 10.9 Å². The number of hydrogen-bond acceptors (Lipinski definition) is 4. The Morgan fingerprint density at radius 3 is 2.89 bits per heavy atom. The van der Waals surface area contributed by atoms with Gasteiger partial charge in [-0.2, -0.15) is 0 Å². The second-order valence-electron chi connectivity index (χ2n) is 4.48. The van der Waals surface area contributed by atoms with E-state index in [2.05, 4.69) is 15.5 Å². The number of rotatable bonds is 5. The number of aromatic nitrogens is 1. The highest BCUT2D eigenvalue weighted by molar-refractivity contribution is 6.05. The lowest BCUT2D eigenvalue weighted by Gasteiger charge is -2.21. The average Bonchev–Trinajstić information content (AvgIpc) is 2.38. The number of amidine groups is 1. The smallest absolute Gasteiger partial charge is 0.233 e. The minimum atomic E-state index is -1.02. The van der Waals surface area contributed by atoms with Gasteiger partial charge in [0.15, 0.2) is 5.84 Å². The van der Waals surface area contributed by atoms with Crippen LogP contribution in [0.15, 0.2) is 29.7 Å². The molecule has 0 atom stereocenters. The number of amides is 1. The molecule has 0 unspecified atom stereocenters. The molecule has 98 valence electrons. The molecule has 18 heavy (non-hydrogen) atoms. The molecule has 6 heteroatoms. The number of nitrogens with zero attached hydrogens (tertiary/aromatic N) is 2. The van der Waals surface area contributed by atoms with Crippen LogP contribution in [0, 0.1) is 5.41 Å². The van der Waals surface area contributed by atoms with Crippen molar-refractivity contribution in [3.63, 3.8) is 0 Å². The Balaban J connectivity index is 2.47. The van der Waals surface area contributed by atoms with Crippen LogP contribution in [0.2, 0.25) is 0 Å². The maximum absolute atomic E-state index is 11.9. The summed E-state index contributed by atoms with van der Waals surface area (Å²) in [7, 11) is 0. The Morgan fingerprint density at radius 1 is 1.61 bits per heavy atom. The highest BCUT2D eigenvalue weighted by Crippen LogP contribution is 2.14. The van der Waals surface area contributed by atoms with Gasteiger partial charge >= 0.3 is 0 Å². The average molecular weight is 250 g/mol. The summed E-state index contributed by atoms with van der Waals surface area (Å²) in [6, 6.07) is 3.78. The van der Waals surface area contributed by atoms with E-state index in [1.807, 2.05) is 12.1 Å². The third-order valence-corrected chi connectivity index (χ3v) is 2.74. The molecule has 0 aromatic carbocycles. The van der Waals surface area contributed by atoms with E-state index < -0.39 is 5.41 Å². The van der Waals surface area contributed by atoms with Crippen molar-refractivity contribution in [3.05, 3.63) is 30.1 Å². The molecule has 0 aliphatic carbocycles. The van der Waals surface area contributed by atoms with Crippen molar-refractivity contribution in [2.24, 2.45) is 16.3 Å². The molecule has 1 amide bonds. The summed E-state index contributed by atoms with van der Waals surface area (Å²) >= 11 is 0. The summed E-state index contributed by atoms with van der Waals surface area (Å²) in [4.78, 5) is 15.8. The first-order valence-corrected chi connectivity index (χ1v) is 5.63. The maximum Gasteiger partial charge on any atom is 0.233 e. The number of oxime groups is 1. The summed E-state index contributed by atoms with van der Waals surface area (Å²) in [5.74, 6) is -0.386. The minimum absolute atomic E-state index is 0.110. The van der Waals surface area contributed by atoms with Gasteiger partial charge in [0.25, 0.3) is 0 Å². The number of nitrogens with one attached hydrogen (secondary N) is 1. The van der Waals surface area contributed by atoms with Crippen LogP contribution in [0.5, 0.6) is 0 Å². The lowest BCUT2D eigenvalue weighted by atomic mass is 9.91. The van der Waals surface area contributed by atoms with E-state index in [-0.39, 0.29) is 11.7 Å². The van der Waals surface area contributed by atoms with Crippen LogP contribution < -0.4 is 11.1 Å². The molecule has 0 saturated heterocycles. The van der Waals surface area contributed by atoms with Crippen molar-refractivity contribution in [3.8, 4) is 0 Å². The van der Waals surface area contributed by atoms with Crippen molar-refractivity contribution in [1.82, 2.24) is 10.3 Å². The third kappa shape index (κ3) is 3.44. The lowest BCUT2D eigenvalue weighted by Crippen LogP contribution is -2.46. The zero-order valence-corrected chi connectivity index (χ0v) is 10.6. The third-order valence-electron chi connectivity index (χ3n) is 2.74. The van der Waals surface area contributed by atoms with Gasteiger partial charge in [0, 0.05) is 18.9 Å². The van der Waals surface area contributed by atoms with Gasteiger partial charge < -0.3 is 16.3 Å². The van der Waals surface area contributed by atoms with Crippen molar-refractivity contribution >= 4 is 11.7 Å². The number of nitrogens with two attached hydrogens (primary N) is 1. The van der Waals surface area contributed by atoms with Crippen LogP contribution in [-0.2, 0) is 11.2 Å². The van der Waals surface area contributed by atoms with Crippen molar-refractivity contribution in [2.45, 2.75) is 20.3 Å². The molecule has 6 nitrogen and oxygen atoms in total. The molecular formula is C12H18N4O2. The van der Waals surface area contributed by atoms with Gasteiger partial charge in [0.2, 0.25) is 5.91 Å². The lowest BCUT2D eigenvalue weighted by molar-refractivity contribution is -0.126. The number of carbonyl (C=O) groups excluding carboxylic acids is 1. The fourth-order valence-electron chi connectivity index (χ4n) is 1.33. The van der Waals surface area contributed by atoms with E-state index in [9.17, 15) is 4.79 Å². The maximum atomic E-state index is 11.9. The Labute approximate surface area is 106 Å². The van der Waals surface area contributed by atoms with Gasteiger partial charge in [0.05, 0.1) is 0 Å². The normalized spacial score (nSPS) is 12.2. The van der Waals surface area contributed by atoms with E-state index in [0.29, 0.717) is 13.0 Å². The molecule has 0 saturated carbocycles. The van der Waals surface area contributed by atoms with Gasteiger partial charge in [-0.25, -0.2) is 0 Å². The first-order valence-electron chi connectivity index (χ1n) is 5.63. The number of carbonyl (C=O) groups is 1. The first kappa shape index (κ1) is 14.0. The van der Waals surface area contributed by atoms with E-state index in [0.717, 1.165) is 5.56 Å². The van der Waals surface area contributed by atoms with Crippen LogP contribution in [0.4, 0.5) is 0 Å². The molecule has 0 radical (unpaired) electrons. The zero-order chi connectivity index (χ0) is 13.6. The van der Waals surface area contributed by atoms with Crippen LogP contribution in [0.1, 0.15) is 19.4 Å². The number of hydrogen-bond donors (Lipinski definition) is 3. The van der Waals surface area contributed by atoms with E-state index >= 15 is 0 Å². The summed E-state index contributed by atoms with van der Waals surface area (Å²) < 4.78 is 0. The van der Waals surface area contributed by atoms with Crippen LogP contribution in [0.25, 0.3) is 0 Å². The molecule has 0 spiro atoms. The molecule has 1 aromatic rings. The van der Waals surface area contributed by atoms with Crippen molar-refractivity contribution in [1.29, 1.82) is 0 Å². The predicted molar refractivity (Wildman–Crippen MR) is 68.1 cm³/mol. The monoisotopic (exact) mass is 250 g/mol. The van der Waals surface area contributed by atoms with Crippen LogP contribution >= 0.6 is 0 Å². The highest BCUT2D eigenvalue weighted by atomic mass is 16.4. The summed E-state index contributed by atoms with van der Waals surface area (Å²) in [6.07, 6.45) is 4.14. The largest absolute Gasteiger partial charge is 0.409 e.